The second-order valence-electron chi connectivity index (χ2n) is 5.83. The summed E-state index contributed by atoms with van der Waals surface area (Å²) in [6.45, 7) is 4.84. The maximum absolute atomic E-state index is 11.8. The molecule has 0 atom stereocenters. The Morgan fingerprint density at radius 1 is 1.13 bits per heavy atom. The summed E-state index contributed by atoms with van der Waals surface area (Å²) in [6.07, 6.45) is 2.60. The van der Waals surface area contributed by atoms with Crippen molar-refractivity contribution >= 4 is 17.5 Å². The fraction of sp³-hybridized carbons (Fsp3) is 0.333. The molecule has 0 spiro atoms. The normalized spacial score (nSPS) is 10.6. The number of hydrogen-bond donors (Lipinski definition) is 2. The Morgan fingerprint density at radius 3 is 2.48 bits per heavy atom. The predicted molar refractivity (Wildman–Crippen MR) is 89.3 cm³/mol. The van der Waals surface area contributed by atoms with Gasteiger partial charge in [-0.1, -0.05) is 26.0 Å². The van der Waals surface area contributed by atoms with Gasteiger partial charge in [0.15, 0.2) is 5.76 Å². The van der Waals surface area contributed by atoms with Crippen molar-refractivity contribution in [3.63, 3.8) is 0 Å². The lowest BCUT2D eigenvalue weighted by molar-refractivity contribution is -0.121. The summed E-state index contributed by atoms with van der Waals surface area (Å²) >= 11 is 0. The van der Waals surface area contributed by atoms with Gasteiger partial charge in [-0.15, -0.1) is 0 Å². The Bertz CT molecular complexity index is 631. The summed E-state index contributed by atoms with van der Waals surface area (Å²) < 4.78 is 5.04. The van der Waals surface area contributed by atoms with E-state index in [1.165, 1.54) is 6.26 Å². The highest BCUT2D eigenvalue weighted by molar-refractivity contribution is 6.02. The molecule has 0 aliphatic rings. The molecular weight excluding hydrogens is 292 g/mol. The maximum Gasteiger partial charge on any atom is 0.291 e. The van der Waals surface area contributed by atoms with E-state index in [1.807, 2.05) is 24.3 Å². The van der Waals surface area contributed by atoms with E-state index in [9.17, 15) is 9.59 Å². The molecule has 0 aliphatic heterocycles. The van der Waals surface area contributed by atoms with Crippen molar-refractivity contribution in [3.05, 3.63) is 54.0 Å². The lowest BCUT2D eigenvalue weighted by atomic mass is 10.1. The van der Waals surface area contributed by atoms with Crippen LogP contribution in [0.3, 0.4) is 0 Å². The summed E-state index contributed by atoms with van der Waals surface area (Å²) in [5.74, 6) is 0.511. The van der Waals surface area contributed by atoms with Gasteiger partial charge in [0.2, 0.25) is 5.91 Å². The number of carbonyl (C=O) groups excluding carboxylic acids is 2. The third-order valence-electron chi connectivity index (χ3n) is 3.30. The summed E-state index contributed by atoms with van der Waals surface area (Å²) in [4.78, 5) is 23.5. The van der Waals surface area contributed by atoms with Crippen LogP contribution in [0.4, 0.5) is 5.69 Å². The lowest BCUT2D eigenvalue weighted by Gasteiger charge is -2.08. The van der Waals surface area contributed by atoms with E-state index >= 15 is 0 Å². The molecule has 0 saturated heterocycles. The van der Waals surface area contributed by atoms with Crippen LogP contribution >= 0.6 is 0 Å². The third kappa shape index (κ3) is 5.62. The van der Waals surface area contributed by atoms with Gasteiger partial charge in [-0.3, -0.25) is 9.59 Å². The fourth-order valence-corrected chi connectivity index (χ4v) is 2.02. The molecule has 5 nitrogen and oxygen atoms in total. The van der Waals surface area contributed by atoms with E-state index in [0.717, 1.165) is 5.56 Å². The van der Waals surface area contributed by atoms with Crippen LogP contribution in [0.25, 0.3) is 0 Å². The van der Waals surface area contributed by atoms with Crippen molar-refractivity contribution in [1.82, 2.24) is 5.32 Å². The van der Waals surface area contributed by atoms with Crippen molar-refractivity contribution in [1.29, 1.82) is 0 Å². The van der Waals surface area contributed by atoms with E-state index in [0.29, 0.717) is 31.0 Å². The van der Waals surface area contributed by atoms with Gasteiger partial charge in [0.1, 0.15) is 0 Å². The molecule has 2 N–H and O–H groups in total. The van der Waals surface area contributed by atoms with Crippen LogP contribution in [0, 0.1) is 5.92 Å². The average molecular weight is 314 g/mol. The highest BCUT2D eigenvalue weighted by Crippen LogP contribution is 2.13. The number of aryl methyl sites for hydroxylation is 1. The lowest BCUT2D eigenvalue weighted by Crippen LogP contribution is -2.27. The zero-order chi connectivity index (χ0) is 16.7. The molecule has 5 heteroatoms. The molecule has 2 rings (SSSR count). The number of hydrogen-bond acceptors (Lipinski definition) is 3. The van der Waals surface area contributed by atoms with Crippen LogP contribution < -0.4 is 10.6 Å². The minimum atomic E-state index is -0.282. The molecule has 0 fully saturated rings. The summed E-state index contributed by atoms with van der Waals surface area (Å²) in [6, 6.07) is 10.7. The zero-order valence-electron chi connectivity index (χ0n) is 13.5. The van der Waals surface area contributed by atoms with Crippen LogP contribution in [0.2, 0.25) is 0 Å². The predicted octanol–water partition coefficient (Wildman–Crippen LogP) is 3.24. The second kappa shape index (κ2) is 8.17. The number of carbonyl (C=O) groups is 2. The Balaban J connectivity index is 1.80. The molecule has 2 amide bonds. The van der Waals surface area contributed by atoms with Crippen molar-refractivity contribution in [2.75, 3.05) is 11.9 Å². The van der Waals surface area contributed by atoms with Crippen LogP contribution in [0.5, 0.6) is 0 Å². The molecule has 1 aromatic heterocycles. The van der Waals surface area contributed by atoms with Gasteiger partial charge in [0.05, 0.1) is 6.26 Å². The first-order valence-corrected chi connectivity index (χ1v) is 7.75. The maximum atomic E-state index is 11.8. The number of benzene rings is 1. The van der Waals surface area contributed by atoms with Crippen LogP contribution in [-0.2, 0) is 11.2 Å². The SMILES string of the molecule is CC(C)CNC(=O)CCc1ccc(NC(=O)c2ccco2)cc1. The zero-order valence-corrected chi connectivity index (χ0v) is 13.5. The quantitative estimate of drug-likeness (QED) is 0.824. The number of amides is 2. The number of nitrogens with one attached hydrogen (secondary N) is 2. The largest absolute Gasteiger partial charge is 0.459 e. The molecule has 122 valence electrons. The first-order valence-electron chi connectivity index (χ1n) is 7.75. The molecule has 1 heterocycles. The minimum Gasteiger partial charge on any atom is -0.459 e. The Labute approximate surface area is 136 Å². The van der Waals surface area contributed by atoms with Crippen molar-refractivity contribution in [3.8, 4) is 0 Å². The highest BCUT2D eigenvalue weighted by Gasteiger charge is 2.08. The molecule has 0 unspecified atom stereocenters. The van der Waals surface area contributed by atoms with Crippen LogP contribution in [0.1, 0.15) is 36.4 Å². The minimum absolute atomic E-state index is 0.0638. The molecule has 0 radical (unpaired) electrons. The molecule has 1 aromatic carbocycles. The van der Waals surface area contributed by atoms with Gasteiger partial charge < -0.3 is 15.1 Å². The van der Waals surface area contributed by atoms with Gasteiger partial charge in [-0.2, -0.15) is 0 Å². The third-order valence-corrected chi connectivity index (χ3v) is 3.30. The molecule has 0 bridgehead atoms. The molecule has 2 aromatic rings. The highest BCUT2D eigenvalue weighted by atomic mass is 16.3. The van der Waals surface area contributed by atoms with Crippen LogP contribution in [0.15, 0.2) is 47.1 Å². The Morgan fingerprint density at radius 2 is 1.87 bits per heavy atom. The smallest absolute Gasteiger partial charge is 0.291 e. The van der Waals surface area contributed by atoms with E-state index in [1.54, 1.807) is 12.1 Å². The van der Waals surface area contributed by atoms with Crippen molar-refractivity contribution < 1.29 is 14.0 Å². The molecule has 0 aliphatic carbocycles. The Hall–Kier alpha value is -2.56. The number of furan rings is 1. The van der Waals surface area contributed by atoms with Gasteiger partial charge in [-0.05, 0) is 42.2 Å². The summed E-state index contributed by atoms with van der Waals surface area (Å²) in [7, 11) is 0. The van der Waals surface area contributed by atoms with E-state index < -0.39 is 0 Å². The van der Waals surface area contributed by atoms with E-state index in [4.69, 9.17) is 4.42 Å². The Kier molecular flexibility index (Phi) is 5.97. The van der Waals surface area contributed by atoms with E-state index in [-0.39, 0.29) is 17.6 Å². The van der Waals surface area contributed by atoms with Crippen molar-refractivity contribution in [2.45, 2.75) is 26.7 Å². The van der Waals surface area contributed by atoms with E-state index in [2.05, 4.69) is 24.5 Å². The topological polar surface area (TPSA) is 71.3 Å². The van der Waals surface area contributed by atoms with Crippen molar-refractivity contribution in [2.24, 2.45) is 5.92 Å². The first kappa shape index (κ1) is 16.8. The first-order chi connectivity index (χ1) is 11.0. The fourth-order valence-electron chi connectivity index (χ4n) is 2.02. The molecule has 0 saturated carbocycles. The average Bonchev–Trinajstić information content (AvgIpc) is 3.07. The summed E-state index contributed by atoms with van der Waals surface area (Å²) in [5.41, 5.74) is 1.75. The molecular formula is C18H22N2O3. The van der Waals surface area contributed by atoms with Gasteiger partial charge in [0, 0.05) is 18.7 Å². The number of anilines is 1. The van der Waals surface area contributed by atoms with Crippen LogP contribution in [-0.4, -0.2) is 18.4 Å². The van der Waals surface area contributed by atoms with Gasteiger partial charge in [-0.25, -0.2) is 0 Å². The van der Waals surface area contributed by atoms with Gasteiger partial charge >= 0.3 is 0 Å². The summed E-state index contributed by atoms with van der Waals surface area (Å²) in [5, 5.41) is 5.66. The van der Waals surface area contributed by atoms with Gasteiger partial charge in [0.25, 0.3) is 5.91 Å². The molecule has 23 heavy (non-hydrogen) atoms. The second-order valence-corrected chi connectivity index (χ2v) is 5.83. The number of rotatable bonds is 7. The monoisotopic (exact) mass is 314 g/mol. The standard InChI is InChI=1S/C18H22N2O3/c1-13(2)12-19-17(21)10-7-14-5-8-15(9-6-14)20-18(22)16-4-3-11-23-16/h3-6,8-9,11,13H,7,10,12H2,1-2H3,(H,19,21)(H,20,22).